The van der Waals surface area contributed by atoms with E-state index in [0.717, 1.165) is 6.07 Å². The van der Waals surface area contributed by atoms with Crippen LogP contribution in [0.1, 0.15) is 0 Å². The van der Waals surface area contributed by atoms with Crippen molar-refractivity contribution in [2.75, 3.05) is 0 Å². The predicted octanol–water partition coefficient (Wildman–Crippen LogP) is 4.19. The lowest BCUT2D eigenvalue weighted by molar-refractivity contribution is 0.433. The number of hydrogen-bond donors (Lipinski definition) is 5. The third-order valence-corrected chi connectivity index (χ3v) is 11.4. The second kappa shape index (κ2) is 10.9. The van der Waals surface area contributed by atoms with E-state index in [1.165, 1.54) is 0 Å². The lowest BCUT2D eigenvalue weighted by atomic mass is 10.1. The van der Waals surface area contributed by atoms with Gasteiger partial charge in [-0.1, -0.05) is 72.8 Å². The molecule has 5 N–H and O–H groups in total. The molecule has 0 unspecified atom stereocenters. The minimum Gasteiger partial charge on any atom is -0.506 e. The SMILES string of the molecule is O=S(=O)(O)c1c(O)cc2c3nc4nc(nc5c6ccccc6c(nc6nc(nc([nH]3)c2c1S(=O)(=O)O)-c1ccccc1-6)n5S(=O)(=O)O)-c1ccccc1-4. The summed E-state index contributed by atoms with van der Waals surface area (Å²) in [6, 6.07) is 20.2. The van der Waals surface area contributed by atoms with Crippen molar-refractivity contribution in [3.8, 4) is 51.3 Å². The van der Waals surface area contributed by atoms with Crippen LogP contribution in [-0.4, -0.2) is 82.9 Å². The molecular formula is C32H18N8O10S3. The maximum Gasteiger partial charge on any atom is 0.366 e. The number of phenols is 1. The van der Waals surface area contributed by atoms with Gasteiger partial charge in [0.1, 0.15) is 21.9 Å². The van der Waals surface area contributed by atoms with Gasteiger partial charge in [-0.15, -0.1) is 0 Å². The molecule has 3 aromatic heterocycles. The number of nitrogens with zero attached hydrogens (tertiary/aromatic N) is 7. The van der Waals surface area contributed by atoms with Crippen LogP contribution in [0.4, 0.5) is 0 Å². The molecule has 0 saturated heterocycles. The van der Waals surface area contributed by atoms with Crippen molar-refractivity contribution < 1.29 is 44.0 Å². The van der Waals surface area contributed by atoms with Crippen LogP contribution >= 0.6 is 0 Å². The molecule has 264 valence electrons. The predicted molar refractivity (Wildman–Crippen MR) is 188 cm³/mol. The zero-order valence-electron chi connectivity index (χ0n) is 26.1. The van der Waals surface area contributed by atoms with Crippen LogP contribution in [-0.2, 0) is 30.5 Å². The van der Waals surface area contributed by atoms with Crippen molar-refractivity contribution in [3.63, 3.8) is 0 Å². The minimum absolute atomic E-state index is 0.0544. The third kappa shape index (κ3) is 4.97. The van der Waals surface area contributed by atoms with Crippen molar-refractivity contribution in [1.29, 1.82) is 0 Å². The molecule has 7 aromatic rings. The Hall–Kier alpha value is -6.23. The number of rotatable bonds is 3. The summed E-state index contributed by atoms with van der Waals surface area (Å²) in [5.74, 6) is -1.60. The van der Waals surface area contributed by atoms with E-state index in [1.54, 1.807) is 72.8 Å². The largest absolute Gasteiger partial charge is 0.506 e. The summed E-state index contributed by atoms with van der Waals surface area (Å²) < 4.78 is 109. The molecule has 4 aromatic carbocycles. The van der Waals surface area contributed by atoms with Gasteiger partial charge in [-0.25, -0.2) is 29.9 Å². The van der Waals surface area contributed by atoms with Gasteiger partial charge in [-0.05, 0) is 6.07 Å². The van der Waals surface area contributed by atoms with Gasteiger partial charge < -0.3 is 10.1 Å². The van der Waals surface area contributed by atoms with Crippen LogP contribution in [0, 0.1) is 0 Å². The molecule has 9 rings (SSSR count). The molecule has 0 aliphatic carbocycles. The van der Waals surface area contributed by atoms with Crippen molar-refractivity contribution in [1.82, 2.24) is 38.9 Å². The normalized spacial score (nSPS) is 13.0. The molecule has 8 bridgehead atoms. The van der Waals surface area contributed by atoms with Gasteiger partial charge >= 0.3 is 10.3 Å². The molecule has 18 nitrogen and oxygen atoms in total. The summed E-state index contributed by atoms with van der Waals surface area (Å²) in [6.07, 6.45) is 0. The van der Waals surface area contributed by atoms with Crippen LogP contribution in [0.15, 0.2) is 88.7 Å². The van der Waals surface area contributed by atoms with Crippen molar-refractivity contribution in [3.05, 3.63) is 78.9 Å². The molecule has 0 saturated carbocycles. The highest BCUT2D eigenvalue weighted by atomic mass is 32.2. The van der Waals surface area contributed by atoms with Gasteiger partial charge in [0.15, 0.2) is 39.5 Å². The van der Waals surface area contributed by atoms with E-state index in [-0.39, 0.29) is 56.4 Å². The van der Waals surface area contributed by atoms with Gasteiger partial charge in [0.25, 0.3) is 20.2 Å². The maximum absolute atomic E-state index is 13.1. The number of aromatic amines is 1. The quantitative estimate of drug-likeness (QED) is 0.157. The number of benzene rings is 4. The lowest BCUT2D eigenvalue weighted by Crippen LogP contribution is -2.11. The highest BCUT2D eigenvalue weighted by molar-refractivity contribution is 7.89. The van der Waals surface area contributed by atoms with E-state index < -0.39 is 57.1 Å². The second-order valence-electron chi connectivity index (χ2n) is 11.7. The van der Waals surface area contributed by atoms with E-state index in [4.69, 9.17) is 0 Å². The Morgan fingerprint density at radius 1 is 0.509 bits per heavy atom. The fourth-order valence-electron chi connectivity index (χ4n) is 6.52. The summed E-state index contributed by atoms with van der Waals surface area (Å²) in [4.78, 5) is 27.3. The second-order valence-corrected chi connectivity index (χ2v) is 15.7. The number of hydrogen-bond acceptors (Lipinski definition) is 13. The topological polar surface area (TPSA) is 281 Å². The first-order chi connectivity index (χ1) is 25.1. The van der Waals surface area contributed by atoms with Crippen LogP contribution < -0.4 is 0 Å². The first kappa shape index (κ1) is 32.7. The van der Waals surface area contributed by atoms with Gasteiger partial charge in [0.2, 0.25) is 0 Å². The monoisotopic (exact) mass is 770 g/mol. The number of nitrogens with one attached hydrogen (secondary N) is 1. The van der Waals surface area contributed by atoms with E-state index >= 15 is 0 Å². The molecule has 2 aliphatic heterocycles. The standard InChI is InChI=1S/C32H18N8O10S3/c41-21-13-20-22(24(52(45,46)47)23(21)51(42,43)44)30-36-26-15-8-2-4-10-17(15)28(34-26)39-32-19-12-6-5-11-18(19)31(40(32)53(48,49)50)38-27-16-9-3-1-7-14(16)25(33-27)35-29(20)37-30/h1-13,41H,(H,42,43,44)(H,45,46,47)(H,48,49,50)(H,33,34,35,36,37,38,39). The minimum atomic E-state index is -5.55. The number of aromatic nitrogens is 8. The Labute approximate surface area is 296 Å². The zero-order valence-corrected chi connectivity index (χ0v) is 28.5. The molecule has 0 atom stereocenters. The Morgan fingerprint density at radius 2 is 0.925 bits per heavy atom. The summed E-state index contributed by atoms with van der Waals surface area (Å²) in [7, 11) is -16.2. The molecule has 53 heavy (non-hydrogen) atoms. The van der Waals surface area contributed by atoms with Crippen molar-refractivity contribution in [2.45, 2.75) is 9.79 Å². The maximum atomic E-state index is 13.1. The van der Waals surface area contributed by atoms with Crippen LogP contribution in [0.3, 0.4) is 0 Å². The molecule has 5 heterocycles. The smallest absolute Gasteiger partial charge is 0.366 e. The average Bonchev–Trinajstić information content (AvgIpc) is 3.81. The highest BCUT2D eigenvalue weighted by Crippen LogP contribution is 2.42. The summed E-state index contributed by atoms with van der Waals surface area (Å²) in [5.41, 5.74) is 0.136. The molecule has 0 amide bonds. The Kier molecular flexibility index (Phi) is 6.71. The Bertz CT molecular complexity index is 3350. The van der Waals surface area contributed by atoms with E-state index in [0.29, 0.717) is 26.2 Å². The highest BCUT2D eigenvalue weighted by Gasteiger charge is 2.34. The lowest BCUT2D eigenvalue weighted by Gasteiger charge is -2.08. The molecule has 0 fully saturated rings. The molecule has 2 aliphatic rings. The first-order valence-corrected chi connectivity index (χ1v) is 19.3. The molecular weight excluding hydrogens is 753 g/mol. The first-order valence-electron chi connectivity index (χ1n) is 15.1. The van der Waals surface area contributed by atoms with Crippen LogP contribution in [0.5, 0.6) is 5.75 Å². The fourth-order valence-corrected chi connectivity index (χ4v) is 9.33. The van der Waals surface area contributed by atoms with E-state index in [1.807, 2.05) is 0 Å². The molecule has 21 heteroatoms. The number of H-pyrrole nitrogens is 1. The van der Waals surface area contributed by atoms with Gasteiger partial charge in [-0.3, -0.25) is 13.7 Å². The van der Waals surface area contributed by atoms with E-state index in [2.05, 4.69) is 34.9 Å². The summed E-state index contributed by atoms with van der Waals surface area (Å²) >= 11 is 0. The summed E-state index contributed by atoms with van der Waals surface area (Å²) in [6.45, 7) is 0. The summed E-state index contributed by atoms with van der Waals surface area (Å²) in [5, 5.41) is 10.5. The van der Waals surface area contributed by atoms with Crippen LogP contribution in [0.2, 0.25) is 0 Å². The molecule has 0 spiro atoms. The Morgan fingerprint density at radius 3 is 1.36 bits per heavy atom. The Balaban J connectivity index is 1.60. The van der Waals surface area contributed by atoms with Gasteiger partial charge in [0.05, 0.1) is 5.39 Å². The third-order valence-electron chi connectivity index (χ3n) is 8.59. The van der Waals surface area contributed by atoms with Crippen LogP contribution in [0.25, 0.3) is 89.7 Å². The van der Waals surface area contributed by atoms with E-state index in [9.17, 15) is 44.0 Å². The number of fused-ring (bicyclic) bond motifs is 20. The number of phenolic OH excluding ortho intramolecular Hbond substituents is 1. The van der Waals surface area contributed by atoms with Gasteiger partial charge in [0, 0.05) is 38.4 Å². The van der Waals surface area contributed by atoms with Gasteiger partial charge in [-0.2, -0.15) is 29.2 Å². The zero-order chi connectivity index (χ0) is 37.2. The molecule has 0 radical (unpaired) electrons. The number of aromatic hydroxyl groups is 1. The van der Waals surface area contributed by atoms with Crippen molar-refractivity contribution in [2.24, 2.45) is 0 Å². The average molecular weight is 771 g/mol. The fraction of sp³-hybridized carbons (Fsp3) is 0. The van der Waals surface area contributed by atoms with Crippen molar-refractivity contribution >= 4 is 74.7 Å².